The Hall–Kier alpha value is -2.92. The first kappa shape index (κ1) is 22.4. The zero-order valence-electron chi connectivity index (χ0n) is 15.6. The molecule has 0 bridgehead atoms. The lowest BCUT2D eigenvalue weighted by atomic mass is 9.75. The molecule has 0 radical (unpaired) electrons. The minimum atomic E-state index is -1.93. The number of hydrogen-bond donors (Lipinski definition) is 7. The van der Waals surface area contributed by atoms with Gasteiger partial charge in [0.15, 0.2) is 0 Å². The summed E-state index contributed by atoms with van der Waals surface area (Å²) in [5.74, 6) is -3.53. The highest BCUT2D eigenvalue weighted by Gasteiger charge is 2.28. The first-order chi connectivity index (χ1) is 13.8. The van der Waals surface area contributed by atoms with E-state index in [2.05, 4.69) is 10.6 Å². The van der Waals surface area contributed by atoms with Crippen LogP contribution in [0.4, 0.5) is 0 Å². The van der Waals surface area contributed by atoms with Gasteiger partial charge in [-0.15, -0.1) is 0 Å². The Morgan fingerprint density at radius 3 is 2.48 bits per heavy atom. The molecule has 0 heterocycles. The molecule has 2 aromatic carbocycles. The van der Waals surface area contributed by atoms with E-state index in [4.69, 9.17) is 10.2 Å². The number of amides is 1. The number of aromatic hydroxyl groups is 1. The number of aromatic carboxylic acids is 1. The number of aliphatic hydroxyl groups is 1. The van der Waals surface area contributed by atoms with Gasteiger partial charge in [-0.25, -0.2) is 4.79 Å². The Morgan fingerprint density at radius 1 is 1.10 bits per heavy atom. The monoisotopic (exact) mass is 402 g/mol. The zero-order valence-corrected chi connectivity index (χ0v) is 15.6. The standard InChI is InChI=1S/C19H23BN2O7/c23-8-7-21-11-12-3-1-5-14(9-12)18(25)22-16(20(28)29)10-13-4-2-6-15(17(13)24)19(26)27/h1-6,9,16,21,23-24,28-29H,7-8,10-11H2,(H,22,25)(H,26,27). The van der Waals surface area contributed by atoms with Crippen molar-refractivity contribution in [1.29, 1.82) is 0 Å². The van der Waals surface area contributed by atoms with Crippen LogP contribution < -0.4 is 10.6 Å². The number of carboxylic acid groups (broad SMARTS) is 1. The third-order valence-corrected chi connectivity index (χ3v) is 4.27. The normalized spacial score (nSPS) is 11.7. The number of carbonyl (C=O) groups is 2. The van der Waals surface area contributed by atoms with Crippen molar-refractivity contribution in [2.45, 2.75) is 18.9 Å². The van der Waals surface area contributed by atoms with Crippen molar-refractivity contribution in [3.8, 4) is 5.75 Å². The molecule has 9 nitrogen and oxygen atoms in total. The van der Waals surface area contributed by atoms with Gasteiger partial charge in [0.2, 0.25) is 0 Å². The van der Waals surface area contributed by atoms with Crippen LogP contribution in [0.25, 0.3) is 0 Å². The number of carbonyl (C=O) groups excluding carboxylic acids is 1. The second-order valence-corrected chi connectivity index (χ2v) is 6.42. The fourth-order valence-electron chi connectivity index (χ4n) is 2.78. The third-order valence-electron chi connectivity index (χ3n) is 4.27. The minimum absolute atomic E-state index is 0.00777. The van der Waals surface area contributed by atoms with Gasteiger partial charge < -0.3 is 36.0 Å². The van der Waals surface area contributed by atoms with Crippen LogP contribution in [0.2, 0.25) is 0 Å². The number of aliphatic hydroxyl groups excluding tert-OH is 1. The van der Waals surface area contributed by atoms with Gasteiger partial charge in [0.1, 0.15) is 11.3 Å². The fourth-order valence-corrected chi connectivity index (χ4v) is 2.78. The molecule has 1 unspecified atom stereocenters. The number of phenols is 1. The molecule has 0 saturated heterocycles. The Balaban J connectivity index is 2.13. The van der Waals surface area contributed by atoms with Gasteiger partial charge in [-0.2, -0.15) is 0 Å². The van der Waals surface area contributed by atoms with Crippen LogP contribution >= 0.6 is 0 Å². The number of carboxylic acids is 1. The summed E-state index contributed by atoms with van der Waals surface area (Å²) in [5, 5.41) is 52.8. The molecular formula is C19H23BN2O7. The molecule has 7 N–H and O–H groups in total. The maximum absolute atomic E-state index is 12.5. The SMILES string of the molecule is O=C(NC(Cc1cccc(C(=O)O)c1O)B(O)O)c1cccc(CNCCO)c1. The Bertz CT molecular complexity index is 860. The van der Waals surface area contributed by atoms with Crippen molar-refractivity contribution in [2.24, 2.45) is 0 Å². The maximum Gasteiger partial charge on any atom is 0.475 e. The van der Waals surface area contributed by atoms with Crippen molar-refractivity contribution < 1.29 is 35.0 Å². The van der Waals surface area contributed by atoms with E-state index in [1.165, 1.54) is 18.2 Å². The predicted octanol–water partition coefficient (Wildman–Crippen LogP) is -0.475. The predicted molar refractivity (Wildman–Crippen MR) is 105 cm³/mol. The molecule has 29 heavy (non-hydrogen) atoms. The van der Waals surface area contributed by atoms with Crippen molar-refractivity contribution in [3.05, 3.63) is 64.7 Å². The molecule has 0 aliphatic rings. The van der Waals surface area contributed by atoms with Gasteiger partial charge in [0, 0.05) is 18.7 Å². The van der Waals surface area contributed by atoms with Gasteiger partial charge in [-0.05, 0) is 35.7 Å². The smallest absolute Gasteiger partial charge is 0.475 e. The Labute approximate surface area is 167 Å². The van der Waals surface area contributed by atoms with E-state index in [0.29, 0.717) is 18.7 Å². The van der Waals surface area contributed by atoms with E-state index in [1.807, 2.05) is 0 Å². The van der Waals surface area contributed by atoms with Crippen LogP contribution in [0.5, 0.6) is 5.75 Å². The van der Waals surface area contributed by atoms with Crippen molar-refractivity contribution in [2.75, 3.05) is 13.2 Å². The van der Waals surface area contributed by atoms with Gasteiger partial charge in [-0.1, -0.05) is 24.3 Å². The molecule has 10 heteroatoms. The molecule has 0 aromatic heterocycles. The van der Waals surface area contributed by atoms with E-state index in [9.17, 15) is 24.7 Å². The van der Waals surface area contributed by atoms with Crippen molar-refractivity contribution in [1.82, 2.24) is 10.6 Å². The van der Waals surface area contributed by atoms with Gasteiger partial charge in [-0.3, -0.25) is 4.79 Å². The number of rotatable bonds is 10. The van der Waals surface area contributed by atoms with E-state index in [0.717, 1.165) is 5.56 Å². The molecule has 154 valence electrons. The molecule has 0 fully saturated rings. The van der Waals surface area contributed by atoms with Gasteiger partial charge in [0.25, 0.3) is 5.91 Å². The first-order valence-electron chi connectivity index (χ1n) is 8.95. The summed E-state index contributed by atoms with van der Waals surface area (Å²) in [4.78, 5) is 23.7. The minimum Gasteiger partial charge on any atom is -0.507 e. The summed E-state index contributed by atoms with van der Waals surface area (Å²) >= 11 is 0. The lowest BCUT2D eigenvalue weighted by Crippen LogP contribution is -2.48. The number of hydrogen-bond acceptors (Lipinski definition) is 7. The first-order valence-corrected chi connectivity index (χ1v) is 8.95. The van der Waals surface area contributed by atoms with E-state index in [1.54, 1.807) is 24.3 Å². The molecule has 2 aromatic rings. The summed E-state index contributed by atoms with van der Waals surface area (Å²) in [6.07, 6.45) is -0.186. The molecule has 2 rings (SSSR count). The molecule has 0 spiro atoms. The van der Waals surface area contributed by atoms with Crippen LogP contribution in [0.1, 0.15) is 31.8 Å². The van der Waals surface area contributed by atoms with Crippen molar-refractivity contribution >= 4 is 19.0 Å². The highest BCUT2D eigenvalue weighted by Crippen LogP contribution is 2.24. The third kappa shape index (κ3) is 6.29. The second kappa shape index (κ2) is 10.6. The molecular weight excluding hydrogens is 379 g/mol. The van der Waals surface area contributed by atoms with Gasteiger partial charge >= 0.3 is 13.1 Å². The van der Waals surface area contributed by atoms with E-state index >= 15 is 0 Å². The van der Waals surface area contributed by atoms with Gasteiger partial charge in [0.05, 0.1) is 12.5 Å². The number of benzene rings is 2. The van der Waals surface area contributed by atoms with Crippen molar-refractivity contribution in [3.63, 3.8) is 0 Å². The zero-order chi connectivity index (χ0) is 21.4. The lowest BCUT2D eigenvalue weighted by Gasteiger charge is -2.19. The summed E-state index contributed by atoms with van der Waals surface area (Å²) in [5.41, 5.74) is 0.940. The highest BCUT2D eigenvalue weighted by molar-refractivity contribution is 6.43. The topological polar surface area (TPSA) is 159 Å². The largest absolute Gasteiger partial charge is 0.507 e. The van der Waals surface area contributed by atoms with E-state index in [-0.39, 0.29) is 24.2 Å². The second-order valence-electron chi connectivity index (χ2n) is 6.42. The van der Waals surface area contributed by atoms with E-state index < -0.39 is 30.7 Å². The molecule has 1 amide bonds. The Kier molecular flexibility index (Phi) is 8.16. The quantitative estimate of drug-likeness (QED) is 0.207. The average molecular weight is 402 g/mol. The lowest BCUT2D eigenvalue weighted by molar-refractivity contribution is 0.0693. The average Bonchev–Trinajstić information content (AvgIpc) is 2.69. The highest BCUT2D eigenvalue weighted by atomic mass is 16.4. The molecule has 0 saturated carbocycles. The fraction of sp³-hybridized carbons (Fsp3) is 0.263. The number of para-hydroxylation sites is 1. The summed E-state index contributed by atoms with van der Waals surface area (Å²) < 4.78 is 0. The van der Waals surface area contributed by atoms with Crippen LogP contribution in [-0.4, -0.2) is 63.5 Å². The summed E-state index contributed by atoms with van der Waals surface area (Å²) in [7, 11) is -1.93. The van der Waals surface area contributed by atoms with Crippen LogP contribution in [-0.2, 0) is 13.0 Å². The molecule has 1 atom stereocenters. The molecule has 0 aliphatic heterocycles. The maximum atomic E-state index is 12.5. The summed E-state index contributed by atoms with van der Waals surface area (Å²) in [6, 6.07) is 10.8. The van der Waals surface area contributed by atoms with Crippen LogP contribution in [0.15, 0.2) is 42.5 Å². The summed E-state index contributed by atoms with van der Waals surface area (Å²) in [6.45, 7) is 0.851. The molecule has 0 aliphatic carbocycles. The number of nitrogens with one attached hydrogen (secondary N) is 2. The van der Waals surface area contributed by atoms with Crippen LogP contribution in [0.3, 0.4) is 0 Å². The Morgan fingerprint density at radius 2 is 1.83 bits per heavy atom. The van der Waals surface area contributed by atoms with Crippen LogP contribution in [0, 0.1) is 0 Å².